The molecule has 1 amide bonds. The first-order chi connectivity index (χ1) is 16.9. The van der Waals surface area contributed by atoms with E-state index in [0.717, 1.165) is 22.9 Å². The number of rotatable bonds is 6. The molecule has 1 aliphatic carbocycles. The van der Waals surface area contributed by atoms with Crippen LogP contribution < -0.4 is 14.8 Å². The highest BCUT2D eigenvalue weighted by Crippen LogP contribution is 2.60. The van der Waals surface area contributed by atoms with Crippen molar-refractivity contribution in [3.05, 3.63) is 76.7 Å². The predicted octanol–water partition coefficient (Wildman–Crippen LogP) is 4.85. The van der Waals surface area contributed by atoms with Gasteiger partial charge in [0.15, 0.2) is 11.6 Å². The van der Waals surface area contributed by atoms with E-state index in [2.05, 4.69) is 10.3 Å². The van der Waals surface area contributed by atoms with Crippen LogP contribution >= 0.6 is 0 Å². The van der Waals surface area contributed by atoms with Crippen LogP contribution in [0.2, 0.25) is 0 Å². The van der Waals surface area contributed by atoms with Crippen LogP contribution in [0, 0.1) is 23.4 Å². The molecule has 1 saturated carbocycles. The Kier molecular flexibility index (Phi) is 5.01. The molecule has 6 rings (SSSR count). The van der Waals surface area contributed by atoms with Crippen molar-refractivity contribution in [2.45, 2.75) is 37.7 Å². The van der Waals surface area contributed by atoms with E-state index in [4.69, 9.17) is 9.47 Å². The number of ketones is 1. The first kappa shape index (κ1) is 21.6. The van der Waals surface area contributed by atoms with Gasteiger partial charge in [-0.2, -0.15) is 0 Å². The summed E-state index contributed by atoms with van der Waals surface area (Å²) in [6.07, 6.45) is 2.16. The minimum absolute atomic E-state index is 0.0120. The van der Waals surface area contributed by atoms with Crippen molar-refractivity contribution in [2.24, 2.45) is 5.92 Å². The summed E-state index contributed by atoms with van der Waals surface area (Å²) >= 11 is 0. The third-order valence-electron chi connectivity index (χ3n) is 6.74. The molecule has 3 heterocycles. The Labute approximate surface area is 198 Å². The lowest BCUT2D eigenvalue weighted by molar-refractivity contribution is -0.119. The Balaban J connectivity index is 1.15. The summed E-state index contributed by atoms with van der Waals surface area (Å²) in [4.78, 5) is 28.4. The lowest BCUT2D eigenvalue weighted by Gasteiger charge is -2.19. The fourth-order valence-corrected chi connectivity index (χ4v) is 4.98. The van der Waals surface area contributed by atoms with E-state index in [1.165, 1.54) is 0 Å². The van der Waals surface area contributed by atoms with Crippen LogP contribution in [0.4, 0.5) is 19.0 Å². The van der Waals surface area contributed by atoms with Crippen LogP contribution in [-0.2, 0) is 22.4 Å². The van der Waals surface area contributed by atoms with Crippen molar-refractivity contribution in [1.29, 1.82) is 0 Å². The number of fused-ring (bicyclic) bond motifs is 4. The molecule has 2 aromatic carbocycles. The standard InChI is InChI=1S/C26H19F3N2O4/c27-18-11-20(29)19(28)8-12(18)7-13(32)9-17-24-16-10-14(1-3-21(16)35-25(17)24)34-22-5-6-30-26-15(22)2-4-23(33)31-26/h1,3,5-6,8,10-11,17,24-25H,2,4,7,9H2,(H,30,31,33)/t17-,24-,25+/m0/s1. The summed E-state index contributed by atoms with van der Waals surface area (Å²) in [7, 11) is 0. The van der Waals surface area contributed by atoms with Gasteiger partial charge in [-0.05, 0) is 42.3 Å². The van der Waals surface area contributed by atoms with Crippen molar-refractivity contribution >= 4 is 17.5 Å². The van der Waals surface area contributed by atoms with E-state index >= 15 is 0 Å². The smallest absolute Gasteiger partial charge is 0.225 e. The SMILES string of the molecule is O=C(Cc1cc(F)c(F)cc1F)C[C@@H]1[C@H]2Oc3ccc(Oc4ccnc5c4CCC(=O)N5)cc3[C@@H]12. The number of ether oxygens (including phenoxy) is 2. The fourth-order valence-electron chi connectivity index (χ4n) is 4.98. The molecule has 3 aliphatic rings. The number of benzene rings is 2. The number of carbonyl (C=O) groups excluding carboxylic acids is 2. The number of aromatic nitrogens is 1. The van der Waals surface area contributed by atoms with Crippen LogP contribution in [0.1, 0.15) is 35.4 Å². The Morgan fingerprint density at radius 3 is 2.77 bits per heavy atom. The van der Waals surface area contributed by atoms with Crippen LogP contribution in [0.3, 0.4) is 0 Å². The number of hydrogen-bond acceptors (Lipinski definition) is 5. The Morgan fingerprint density at radius 2 is 1.91 bits per heavy atom. The third kappa shape index (κ3) is 3.90. The number of carbonyl (C=O) groups is 2. The van der Waals surface area contributed by atoms with Crippen molar-refractivity contribution < 1.29 is 32.2 Å². The highest BCUT2D eigenvalue weighted by Gasteiger charge is 2.59. The molecule has 2 aliphatic heterocycles. The second-order valence-electron chi connectivity index (χ2n) is 9.04. The van der Waals surface area contributed by atoms with E-state index < -0.39 is 17.5 Å². The molecule has 0 bridgehead atoms. The van der Waals surface area contributed by atoms with Crippen molar-refractivity contribution in [3.8, 4) is 17.2 Å². The van der Waals surface area contributed by atoms with Gasteiger partial charge in [-0.1, -0.05) is 0 Å². The average molecular weight is 480 g/mol. The van der Waals surface area contributed by atoms with Gasteiger partial charge in [0.05, 0.1) is 0 Å². The maximum atomic E-state index is 13.9. The second kappa shape index (κ2) is 8.11. The molecule has 1 N–H and O–H groups in total. The van der Waals surface area contributed by atoms with Crippen LogP contribution in [0.5, 0.6) is 17.2 Å². The van der Waals surface area contributed by atoms with E-state index in [-0.39, 0.29) is 48.0 Å². The van der Waals surface area contributed by atoms with Gasteiger partial charge in [0.2, 0.25) is 5.91 Å². The van der Waals surface area contributed by atoms with Gasteiger partial charge in [0.1, 0.15) is 40.8 Å². The maximum absolute atomic E-state index is 13.9. The van der Waals surface area contributed by atoms with Gasteiger partial charge in [0.25, 0.3) is 0 Å². The van der Waals surface area contributed by atoms with Crippen LogP contribution in [0.25, 0.3) is 0 Å². The van der Waals surface area contributed by atoms with Crippen molar-refractivity contribution in [1.82, 2.24) is 4.98 Å². The molecule has 9 heteroatoms. The summed E-state index contributed by atoms with van der Waals surface area (Å²) in [6, 6.07) is 8.44. The monoisotopic (exact) mass is 480 g/mol. The number of hydrogen-bond donors (Lipinski definition) is 1. The van der Waals surface area contributed by atoms with Gasteiger partial charge < -0.3 is 14.8 Å². The molecule has 0 saturated heterocycles. The van der Waals surface area contributed by atoms with Crippen LogP contribution in [0.15, 0.2) is 42.6 Å². The Bertz CT molecular complexity index is 1390. The first-order valence-corrected chi connectivity index (χ1v) is 11.3. The summed E-state index contributed by atoms with van der Waals surface area (Å²) < 4.78 is 52.5. The lowest BCUT2D eigenvalue weighted by atomic mass is 10.0. The number of nitrogens with zero attached hydrogens (tertiary/aromatic N) is 1. The van der Waals surface area contributed by atoms with E-state index in [9.17, 15) is 22.8 Å². The molecular weight excluding hydrogens is 461 g/mol. The zero-order valence-corrected chi connectivity index (χ0v) is 18.3. The zero-order chi connectivity index (χ0) is 24.3. The number of anilines is 1. The first-order valence-electron chi connectivity index (χ1n) is 11.3. The molecule has 0 spiro atoms. The van der Waals surface area contributed by atoms with E-state index in [0.29, 0.717) is 36.2 Å². The highest BCUT2D eigenvalue weighted by atomic mass is 19.2. The van der Waals surface area contributed by atoms with Crippen molar-refractivity contribution in [3.63, 3.8) is 0 Å². The minimum atomic E-state index is -1.28. The summed E-state index contributed by atoms with van der Waals surface area (Å²) in [5, 5.41) is 2.75. The minimum Gasteiger partial charge on any atom is -0.489 e. The molecule has 35 heavy (non-hydrogen) atoms. The molecule has 3 atom stereocenters. The van der Waals surface area contributed by atoms with Gasteiger partial charge in [-0.15, -0.1) is 0 Å². The molecule has 178 valence electrons. The van der Waals surface area contributed by atoms with Gasteiger partial charge in [-0.25, -0.2) is 18.2 Å². The molecule has 1 fully saturated rings. The average Bonchev–Trinajstić information content (AvgIpc) is 3.33. The highest BCUT2D eigenvalue weighted by molar-refractivity contribution is 5.93. The number of pyridine rings is 1. The van der Waals surface area contributed by atoms with Gasteiger partial charge >= 0.3 is 0 Å². The molecule has 0 unspecified atom stereocenters. The normalized spacial score (nSPS) is 21.3. The van der Waals surface area contributed by atoms with Gasteiger partial charge in [0, 0.05) is 54.5 Å². The molecule has 1 aromatic heterocycles. The molecular formula is C26H19F3N2O4. The Morgan fingerprint density at radius 1 is 1.09 bits per heavy atom. The second-order valence-corrected chi connectivity index (χ2v) is 9.04. The molecule has 0 radical (unpaired) electrons. The third-order valence-corrected chi connectivity index (χ3v) is 6.74. The fraction of sp³-hybridized carbons (Fsp3) is 0.269. The summed E-state index contributed by atoms with van der Waals surface area (Å²) in [5.74, 6) is -1.36. The van der Waals surface area contributed by atoms with Crippen molar-refractivity contribution in [2.75, 3.05) is 5.32 Å². The van der Waals surface area contributed by atoms with Crippen LogP contribution in [-0.4, -0.2) is 22.8 Å². The Hall–Kier alpha value is -3.88. The van der Waals surface area contributed by atoms with Gasteiger partial charge in [-0.3, -0.25) is 9.59 Å². The molecule has 3 aromatic rings. The number of halogens is 3. The maximum Gasteiger partial charge on any atom is 0.225 e. The quantitative estimate of drug-likeness (QED) is 0.511. The number of amides is 1. The summed E-state index contributed by atoms with van der Waals surface area (Å²) in [6.45, 7) is 0. The predicted molar refractivity (Wildman–Crippen MR) is 118 cm³/mol. The summed E-state index contributed by atoms with van der Waals surface area (Å²) in [5.41, 5.74) is 1.61. The lowest BCUT2D eigenvalue weighted by Crippen LogP contribution is -2.20. The number of nitrogens with one attached hydrogen (secondary N) is 1. The molecule has 6 nitrogen and oxygen atoms in total. The topological polar surface area (TPSA) is 77.5 Å². The zero-order valence-electron chi connectivity index (χ0n) is 18.3. The number of Topliss-reactive ketones (excluding diaryl/α,β-unsaturated/α-hetero) is 1. The van der Waals surface area contributed by atoms with E-state index in [1.54, 1.807) is 18.3 Å². The largest absolute Gasteiger partial charge is 0.489 e. The van der Waals surface area contributed by atoms with E-state index in [1.807, 2.05) is 12.1 Å².